The highest BCUT2D eigenvalue weighted by Gasteiger charge is 2.36. The summed E-state index contributed by atoms with van der Waals surface area (Å²) in [5.74, 6) is -2.07. The van der Waals surface area contributed by atoms with Crippen molar-refractivity contribution in [2.75, 3.05) is 18.4 Å². The molecule has 0 unspecified atom stereocenters. The van der Waals surface area contributed by atoms with E-state index in [1.165, 1.54) is 4.88 Å². The number of anilines is 1. The quantitative estimate of drug-likeness (QED) is 0.629. The molecule has 28 heavy (non-hydrogen) atoms. The highest BCUT2D eigenvalue weighted by molar-refractivity contribution is 7.10. The minimum atomic E-state index is -0.885. The van der Waals surface area contributed by atoms with Crippen molar-refractivity contribution in [2.24, 2.45) is 0 Å². The van der Waals surface area contributed by atoms with Gasteiger partial charge in [-0.1, -0.05) is 42.6 Å². The summed E-state index contributed by atoms with van der Waals surface area (Å²) in [6.07, 6.45) is 4.38. The zero-order valence-corrected chi connectivity index (χ0v) is 16.9. The van der Waals surface area contributed by atoms with Crippen LogP contribution >= 0.6 is 22.9 Å². The molecule has 1 fully saturated rings. The first-order chi connectivity index (χ1) is 13.5. The summed E-state index contributed by atoms with van der Waals surface area (Å²) in [7, 11) is 0. The van der Waals surface area contributed by atoms with Crippen LogP contribution in [-0.4, -0.2) is 30.8 Å². The Hall–Kier alpha value is -2.38. The topological polar surface area (TPSA) is 87.3 Å². The summed E-state index contributed by atoms with van der Waals surface area (Å²) in [6.45, 7) is 0.281. The Morgan fingerprint density at radius 3 is 2.43 bits per heavy atom. The Morgan fingerprint density at radius 2 is 1.75 bits per heavy atom. The fraction of sp³-hybridized carbons (Fsp3) is 0.350. The average Bonchev–Trinajstić information content (AvgIpc) is 3.38. The number of carbonyl (C=O) groups excluding carboxylic acids is 3. The van der Waals surface area contributed by atoms with E-state index in [9.17, 15) is 14.4 Å². The Morgan fingerprint density at radius 1 is 1.00 bits per heavy atom. The maximum atomic E-state index is 12.2. The first-order valence-electron chi connectivity index (χ1n) is 9.15. The van der Waals surface area contributed by atoms with Crippen molar-refractivity contribution in [3.63, 3.8) is 0 Å². The van der Waals surface area contributed by atoms with Crippen molar-refractivity contribution in [3.8, 4) is 0 Å². The highest BCUT2D eigenvalue weighted by Crippen LogP contribution is 2.42. The third-order valence-electron chi connectivity index (χ3n) is 4.97. The van der Waals surface area contributed by atoms with Crippen molar-refractivity contribution in [1.29, 1.82) is 0 Å². The van der Waals surface area contributed by atoms with Crippen LogP contribution in [0.3, 0.4) is 0 Å². The zero-order valence-electron chi connectivity index (χ0n) is 15.3. The lowest BCUT2D eigenvalue weighted by Crippen LogP contribution is -2.45. The van der Waals surface area contributed by atoms with Gasteiger partial charge in [0.25, 0.3) is 0 Å². The SMILES string of the molecule is O=C(CNC(=O)C(=O)Nc1ccccc1Cl)NCC1(c2cccs2)CCCC1. The summed E-state index contributed by atoms with van der Waals surface area (Å²) < 4.78 is 0. The van der Waals surface area contributed by atoms with Crippen molar-refractivity contribution >= 4 is 46.3 Å². The molecule has 3 N–H and O–H groups in total. The van der Waals surface area contributed by atoms with Crippen LogP contribution in [0.5, 0.6) is 0 Å². The van der Waals surface area contributed by atoms with Crippen LogP contribution in [0.2, 0.25) is 5.02 Å². The van der Waals surface area contributed by atoms with Gasteiger partial charge in [0, 0.05) is 16.8 Å². The van der Waals surface area contributed by atoms with Crippen LogP contribution in [0.1, 0.15) is 30.6 Å². The van der Waals surface area contributed by atoms with Crippen LogP contribution in [0.25, 0.3) is 0 Å². The largest absolute Gasteiger partial charge is 0.354 e. The third-order valence-corrected chi connectivity index (χ3v) is 6.41. The molecule has 1 aromatic carbocycles. The second kappa shape index (κ2) is 9.21. The monoisotopic (exact) mass is 419 g/mol. The first-order valence-corrected chi connectivity index (χ1v) is 10.4. The molecule has 0 aliphatic heterocycles. The van der Waals surface area contributed by atoms with Crippen molar-refractivity contribution in [2.45, 2.75) is 31.1 Å². The normalized spacial score (nSPS) is 15.0. The van der Waals surface area contributed by atoms with Crippen LogP contribution in [0.4, 0.5) is 5.69 Å². The number of rotatable bonds is 6. The van der Waals surface area contributed by atoms with Crippen LogP contribution in [0.15, 0.2) is 41.8 Å². The maximum Gasteiger partial charge on any atom is 0.313 e. The number of nitrogens with one attached hydrogen (secondary N) is 3. The number of carbonyl (C=O) groups is 3. The number of hydrogen-bond donors (Lipinski definition) is 3. The summed E-state index contributed by atoms with van der Waals surface area (Å²) in [6, 6.07) is 10.7. The van der Waals surface area contributed by atoms with E-state index >= 15 is 0 Å². The summed E-state index contributed by atoms with van der Waals surface area (Å²) in [4.78, 5) is 37.3. The predicted molar refractivity (Wildman–Crippen MR) is 111 cm³/mol. The maximum absolute atomic E-state index is 12.2. The lowest BCUT2D eigenvalue weighted by molar-refractivity contribution is -0.136. The summed E-state index contributed by atoms with van der Waals surface area (Å²) in [5, 5.41) is 10.1. The van der Waals surface area contributed by atoms with Gasteiger partial charge in [0.1, 0.15) is 0 Å². The molecule has 1 aliphatic rings. The molecule has 1 heterocycles. The van der Waals surface area contributed by atoms with Crippen LogP contribution in [0, 0.1) is 0 Å². The van der Waals surface area contributed by atoms with Gasteiger partial charge in [-0.05, 0) is 36.4 Å². The van der Waals surface area contributed by atoms with Gasteiger partial charge in [-0.3, -0.25) is 14.4 Å². The van der Waals surface area contributed by atoms with Crippen LogP contribution < -0.4 is 16.0 Å². The van der Waals surface area contributed by atoms with E-state index in [1.54, 1.807) is 35.6 Å². The van der Waals surface area contributed by atoms with E-state index in [4.69, 9.17) is 11.6 Å². The van der Waals surface area contributed by atoms with E-state index < -0.39 is 11.8 Å². The van der Waals surface area contributed by atoms with E-state index in [-0.39, 0.29) is 17.9 Å². The number of benzene rings is 1. The Balaban J connectivity index is 1.47. The molecule has 148 valence electrons. The molecule has 3 rings (SSSR count). The molecule has 0 spiro atoms. The van der Waals surface area contributed by atoms with Crippen molar-refractivity contribution < 1.29 is 14.4 Å². The van der Waals surface area contributed by atoms with Gasteiger partial charge >= 0.3 is 11.8 Å². The molecule has 1 aromatic heterocycles. The van der Waals surface area contributed by atoms with Crippen molar-refractivity contribution in [1.82, 2.24) is 10.6 Å². The molecule has 2 aromatic rings. The van der Waals surface area contributed by atoms with E-state index in [0.29, 0.717) is 17.3 Å². The van der Waals surface area contributed by atoms with Gasteiger partial charge in [0.15, 0.2) is 0 Å². The van der Waals surface area contributed by atoms with Gasteiger partial charge in [-0.25, -0.2) is 0 Å². The molecule has 1 aliphatic carbocycles. The molecule has 0 saturated heterocycles. The number of thiophene rings is 1. The molecule has 0 bridgehead atoms. The average molecular weight is 420 g/mol. The van der Waals surface area contributed by atoms with E-state index in [1.807, 2.05) is 6.07 Å². The Labute approximate surface area is 172 Å². The van der Waals surface area contributed by atoms with Crippen LogP contribution in [-0.2, 0) is 19.8 Å². The van der Waals surface area contributed by atoms with Gasteiger partial charge in [-0.15, -0.1) is 11.3 Å². The Kier molecular flexibility index (Phi) is 6.70. The molecular formula is C20H22ClN3O3S. The summed E-state index contributed by atoms with van der Waals surface area (Å²) in [5.41, 5.74) is 0.322. The minimum absolute atomic E-state index is 0.0186. The molecule has 3 amide bonds. The van der Waals surface area contributed by atoms with Crippen molar-refractivity contribution in [3.05, 3.63) is 51.7 Å². The lowest BCUT2D eigenvalue weighted by Gasteiger charge is -2.28. The fourth-order valence-electron chi connectivity index (χ4n) is 3.46. The smallest absolute Gasteiger partial charge is 0.313 e. The second-order valence-corrected chi connectivity index (χ2v) is 8.21. The first kappa shape index (κ1) is 20.4. The molecule has 6 nitrogen and oxygen atoms in total. The number of halogens is 1. The number of hydrogen-bond acceptors (Lipinski definition) is 4. The molecule has 0 radical (unpaired) electrons. The standard InChI is InChI=1S/C20H22ClN3O3S/c21-14-6-1-2-7-15(14)24-19(27)18(26)22-12-17(25)23-13-20(9-3-4-10-20)16-8-5-11-28-16/h1-2,5-8,11H,3-4,9-10,12-13H2,(H,22,26)(H,23,25)(H,24,27). The van der Waals surface area contributed by atoms with Gasteiger partial charge < -0.3 is 16.0 Å². The molecule has 8 heteroatoms. The number of para-hydroxylation sites is 1. The Bertz CT molecular complexity index is 848. The zero-order chi connectivity index (χ0) is 20.0. The highest BCUT2D eigenvalue weighted by atomic mass is 35.5. The fourth-order valence-corrected chi connectivity index (χ4v) is 4.63. The molecule has 0 atom stereocenters. The van der Waals surface area contributed by atoms with E-state index in [2.05, 4.69) is 27.4 Å². The summed E-state index contributed by atoms with van der Waals surface area (Å²) >= 11 is 7.66. The predicted octanol–water partition coefficient (Wildman–Crippen LogP) is 3.08. The molecule has 1 saturated carbocycles. The second-order valence-electron chi connectivity index (χ2n) is 6.86. The lowest BCUT2D eigenvalue weighted by atomic mass is 9.84. The van der Waals surface area contributed by atoms with Gasteiger partial charge in [0.2, 0.25) is 5.91 Å². The van der Waals surface area contributed by atoms with Gasteiger partial charge in [-0.2, -0.15) is 0 Å². The van der Waals surface area contributed by atoms with Gasteiger partial charge in [0.05, 0.1) is 17.3 Å². The van der Waals surface area contributed by atoms with E-state index in [0.717, 1.165) is 25.7 Å². The number of amides is 3. The molecular weight excluding hydrogens is 398 g/mol. The minimum Gasteiger partial charge on any atom is -0.354 e. The third kappa shape index (κ3) is 4.91.